The Bertz CT molecular complexity index is 1070. The van der Waals surface area contributed by atoms with Crippen LogP contribution < -0.4 is 23.7 Å². The molecule has 11 heteroatoms. The number of methoxy groups -OCH3 is 4. The lowest BCUT2D eigenvalue weighted by atomic mass is 9.86. The van der Waals surface area contributed by atoms with Gasteiger partial charge in [-0.05, 0) is 17.7 Å². The number of aliphatic hydroxyl groups is 5. The van der Waals surface area contributed by atoms with Crippen LogP contribution in [0.5, 0.6) is 28.7 Å². The highest BCUT2D eigenvalue weighted by Crippen LogP contribution is 2.51. The molecule has 0 aliphatic carbocycles. The van der Waals surface area contributed by atoms with Crippen LogP contribution in [0, 0.1) is 0 Å². The Balaban J connectivity index is 1.84. The first-order valence-corrected chi connectivity index (χ1v) is 11.4. The van der Waals surface area contributed by atoms with Crippen molar-refractivity contribution in [3.05, 3.63) is 41.0 Å². The van der Waals surface area contributed by atoms with Crippen molar-refractivity contribution >= 4 is 0 Å². The highest BCUT2D eigenvalue weighted by Gasteiger charge is 2.47. The topological polar surface area (TPSA) is 157 Å². The molecule has 0 bridgehead atoms. The van der Waals surface area contributed by atoms with E-state index in [2.05, 4.69) is 0 Å². The smallest absolute Gasteiger partial charge is 0.161 e. The van der Waals surface area contributed by atoms with Crippen LogP contribution in [0.3, 0.4) is 0 Å². The molecule has 4 rings (SSSR count). The van der Waals surface area contributed by atoms with Crippen molar-refractivity contribution in [1.82, 2.24) is 0 Å². The van der Waals surface area contributed by atoms with Gasteiger partial charge in [0.2, 0.25) is 0 Å². The minimum atomic E-state index is -1.60. The van der Waals surface area contributed by atoms with E-state index in [4.69, 9.17) is 28.4 Å². The molecule has 1 fully saturated rings. The van der Waals surface area contributed by atoms with Gasteiger partial charge in [0.05, 0.1) is 46.7 Å². The maximum Gasteiger partial charge on any atom is 0.161 e. The third kappa shape index (κ3) is 4.42. The second-order valence-electron chi connectivity index (χ2n) is 8.68. The molecule has 0 spiro atoms. The van der Waals surface area contributed by atoms with Crippen molar-refractivity contribution < 1.29 is 54.0 Å². The zero-order valence-corrected chi connectivity index (χ0v) is 20.5. The third-order valence-corrected chi connectivity index (χ3v) is 6.70. The van der Waals surface area contributed by atoms with Crippen LogP contribution in [-0.4, -0.2) is 91.1 Å². The molecule has 2 aliphatic heterocycles. The highest BCUT2D eigenvalue weighted by molar-refractivity contribution is 5.60. The first kappa shape index (κ1) is 26.3. The molecule has 1 saturated heterocycles. The summed E-state index contributed by atoms with van der Waals surface area (Å²) in [5, 5.41) is 52.2. The van der Waals surface area contributed by atoms with Gasteiger partial charge in [-0.15, -0.1) is 0 Å². The van der Waals surface area contributed by atoms with Crippen LogP contribution in [-0.2, 0) is 11.2 Å². The van der Waals surface area contributed by atoms with Gasteiger partial charge in [-0.25, -0.2) is 0 Å². The zero-order valence-electron chi connectivity index (χ0n) is 20.5. The summed E-state index contributed by atoms with van der Waals surface area (Å²) >= 11 is 0. The minimum absolute atomic E-state index is 0.131. The molecular formula is C25H32O11. The Labute approximate surface area is 208 Å². The predicted octanol–water partition coefficient (Wildman–Crippen LogP) is 0.273. The number of hydrogen-bond acceptors (Lipinski definition) is 11. The second-order valence-corrected chi connectivity index (χ2v) is 8.68. The van der Waals surface area contributed by atoms with Crippen molar-refractivity contribution in [3.63, 3.8) is 0 Å². The molecular weight excluding hydrogens is 476 g/mol. The quantitative estimate of drug-likeness (QED) is 0.350. The Morgan fingerprint density at radius 1 is 0.778 bits per heavy atom. The zero-order chi connectivity index (χ0) is 26.1. The average molecular weight is 509 g/mol. The van der Waals surface area contributed by atoms with Crippen molar-refractivity contribution in [2.24, 2.45) is 0 Å². The molecule has 7 atom stereocenters. The monoisotopic (exact) mass is 508 g/mol. The fraction of sp³-hybridized carbons (Fsp3) is 0.520. The van der Waals surface area contributed by atoms with E-state index in [0.29, 0.717) is 28.4 Å². The summed E-state index contributed by atoms with van der Waals surface area (Å²) in [5.41, 5.74) is 1.37. The molecule has 0 aromatic heterocycles. The molecule has 0 amide bonds. The molecule has 11 nitrogen and oxygen atoms in total. The number of rotatable bonds is 7. The van der Waals surface area contributed by atoms with E-state index in [0.717, 1.165) is 0 Å². The van der Waals surface area contributed by atoms with Crippen LogP contribution in [0.2, 0.25) is 0 Å². The standard InChI is InChI=1S/C25H32O11/c1-31-14-6-5-11(7-16(14)33-3)23-13(27)8-12-15(32-2)9-17(34-4)19(24(12)36-23)25-22(30)21(29)20(28)18(10-26)35-25/h5-7,9,13,18,20-23,25-30H,8,10H2,1-4H3/t13-,18+,20+,21-,22+,23+,25-/m0/s1. The van der Waals surface area contributed by atoms with Gasteiger partial charge in [0, 0.05) is 18.1 Å². The summed E-state index contributed by atoms with van der Waals surface area (Å²) in [6.07, 6.45) is -8.74. The largest absolute Gasteiger partial charge is 0.496 e. The van der Waals surface area contributed by atoms with Gasteiger partial charge in [-0.3, -0.25) is 0 Å². The third-order valence-electron chi connectivity index (χ3n) is 6.70. The van der Waals surface area contributed by atoms with E-state index in [1.165, 1.54) is 28.4 Å². The summed E-state index contributed by atoms with van der Waals surface area (Å²) in [5.74, 6) is 1.82. The van der Waals surface area contributed by atoms with Crippen molar-refractivity contribution in [2.75, 3.05) is 35.0 Å². The predicted molar refractivity (Wildman–Crippen MR) is 125 cm³/mol. The number of benzene rings is 2. The lowest BCUT2D eigenvalue weighted by Crippen LogP contribution is -2.55. The summed E-state index contributed by atoms with van der Waals surface area (Å²) in [6.45, 7) is -0.587. The normalized spacial score (nSPS) is 29.6. The van der Waals surface area contributed by atoms with E-state index in [-0.39, 0.29) is 23.5 Å². The van der Waals surface area contributed by atoms with Gasteiger partial charge in [-0.1, -0.05) is 6.07 Å². The SMILES string of the molecule is COc1ccc([C@H]2Oc3c(c(OC)cc(OC)c3[C@@H]3O[C@H](CO)[C@@H](O)[C@H](O)[C@H]3O)C[C@@H]2O)cc1OC. The van der Waals surface area contributed by atoms with Crippen molar-refractivity contribution in [2.45, 2.75) is 49.1 Å². The Kier molecular flexibility index (Phi) is 7.79. The summed E-state index contributed by atoms with van der Waals surface area (Å²) in [7, 11) is 5.90. The van der Waals surface area contributed by atoms with Crippen molar-refractivity contribution in [1.29, 1.82) is 0 Å². The summed E-state index contributed by atoms with van der Waals surface area (Å²) < 4.78 is 34.0. The molecule has 36 heavy (non-hydrogen) atoms. The van der Waals surface area contributed by atoms with Crippen LogP contribution in [0.15, 0.2) is 24.3 Å². The number of aliphatic hydroxyl groups excluding tert-OH is 5. The Morgan fingerprint density at radius 2 is 1.44 bits per heavy atom. The maximum atomic E-state index is 11.0. The maximum absolute atomic E-state index is 11.0. The summed E-state index contributed by atoms with van der Waals surface area (Å²) in [6, 6.07) is 6.71. The first-order chi connectivity index (χ1) is 17.3. The fourth-order valence-electron chi connectivity index (χ4n) is 4.80. The number of hydrogen-bond donors (Lipinski definition) is 5. The molecule has 198 valence electrons. The minimum Gasteiger partial charge on any atom is -0.496 e. The number of ether oxygens (including phenoxy) is 6. The average Bonchev–Trinajstić information content (AvgIpc) is 2.90. The molecule has 2 aromatic rings. The Morgan fingerprint density at radius 3 is 2.06 bits per heavy atom. The molecule has 2 aromatic carbocycles. The van der Waals surface area contributed by atoms with Crippen LogP contribution >= 0.6 is 0 Å². The van der Waals surface area contributed by atoms with E-state index in [9.17, 15) is 25.5 Å². The molecule has 2 aliphatic rings. The van der Waals surface area contributed by atoms with Gasteiger partial charge in [0.15, 0.2) is 11.5 Å². The van der Waals surface area contributed by atoms with E-state index >= 15 is 0 Å². The summed E-state index contributed by atoms with van der Waals surface area (Å²) in [4.78, 5) is 0. The van der Waals surface area contributed by atoms with Crippen LogP contribution in [0.1, 0.15) is 28.9 Å². The lowest BCUT2D eigenvalue weighted by molar-refractivity contribution is -0.232. The molecule has 0 unspecified atom stereocenters. The van der Waals surface area contributed by atoms with Gasteiger partial charge >= 0.3 is 0 Å². The van der Waals surface area contributed by atoms with Gasteiger partial charge in [0.25, 0.3) is 0 Å². The van der Waals surface area contributed by atoms with Gasteiger partial charge < -0.3 is 54.0 Å². The second kappa shape index (κ2) is 10.7. The van der Waals surface area contributed by atoms with Crippen LogP contribution in [0.25, 0.3) is 0 Å². The Hall–Kier alpha value is -2.80. The first-order valence-electron chi connectivity index (χ1n) is 11.4. The molecule has 5 N–H and O–H groups in total. The molecule has 0 saturated carbocycles. The number of fused-ring (bicyclic) bond motifs is 1. The molecule has 2 heterocycles. The fourth-order valence-corrected chi connectivity index (χ4v) is 4.80. The van der Waals surface area contributed by atoms with Crippen molar-refractivity contribution in [3.8, 4) is 28.7 Å². The van der Waals surface area contributed by atoms with Gasteiger partial charge in [0.1, 0.15) is 53.9 Å². The lowest BCUT2D eigenvalue weighted by Gasteiger charge is -2.42. The molecule has 0 radical (unpaired) electrons. The van der Waals surface area contributed by atoms with E-state index in [1.807, 2.05) is 0 Å². The van der Waals surface area contributed by atoms with E-state index < -0.39 is 49.3 Å². The van der Waals surface area contributed by atoms with Crippen LogP contribution in [0.4, 0.5) is 0 Å². The van der Waals surface area contributed by atoms with Gasteiger partial charge in [-0.2, -0.15) is 0 Å². The van der Waals surface area contributed by atoms with E-state index in [1.54, 1.807) is 24.3 Å². The highest BCUT2D eigenvalue weighted by atomic mass is 16.6.